The lowest BCUT2D eigenvalue weighted by molar-refractivity contribution is 0.414. The van der Waals surface area contributed by atoms with E-state index in [4.69, 9.17) is 24.5 Å². The van der Waals surface area contributed by atoms with Crippen LogP contribution in [0.3, 0.4) is 0 Å². The Morgan fingerprint density at radius 3 is 2.12 bits per heavy atom. The highest BCUT2D eigenvalue weighted by Crippen LogP contribution is 2.28. The maximum atomic E-state index is 9.53. The molecule has 0 amide bonds. The molecule has 3 aromatic heterocycles. The molecule has 1 N–H and O–H groups in total. The second-order valence-corrected chi connectivity index (χ2v) is 9.73. The summed E-state index contributed by atoms with van der Waals surface area (Å²) in [6, 6.07) is 33.0. The summed E-state index contributed by atoms with van der Waals surface area (Å²) in [6.07, 6.45) is 1.71. The number of nitrogens with one attached hydrogen (secondary N) is 1. The van der Waals surface area contributed by atoms with Crippen LogP contribution in [0.1, 0.15) is 16.7 Å². The van der Waals surface area contributed by atoms with Crippen LogP contribution >= 0.6 is 0 Å². The van der Waals surface area contributed by atoms with Crippen LogP contribution in [0.5, 0.6) is 11.5 Å². The highest BCUT2D eigenvalue weighted by atomic mass is 16.5. The van der Waals surface area contributed by atoms with Crippen molar-refractivity contribution in [3.63, 3.8) is 0 Å². The van der Waals surface area contributed by atoms with E-state index in [9.17, 15) is 5.26 Å². The third-order valence-electron chi connectivity index (χ3n) is 6.85. The molecule has 0 aliphatic carbocycles. The van der Waals surface area contributed by atoms with Gasteiger partial charge in [0.1, 0.15) is 17.3 Å². The van der Waals surface area contributed by atoms with Crippen LogP contribution in [0, 0.1) is 11.3 Å². The number of nitriles is 1. The molecular formula is C33H28N8O2. The SMILES string of the molecule is COc1ccc(CN(Cc2ccc(OC)cc2)c2nc(-c3cccc(C#N)c3)cc3nc(Nc4ccccn4)nn23)cc1. The van der Waals surface area contributed by atoms with Crippen LogP contribution in [0.15, 0.2) is 103 Å². The molecule has 212 valence electrons. The van der Waals surface area contributed by atoms with Gasteiger partial charge in [-0.3, -0.25) is 0 Å². The molecule has 0 radical (unpaired) electrons. The molecule has 0 aliphatic rings. The van der Waals surface area contributed by atoms with Gasteiger partial charge in [0.2, 0.25) is 11.9 Å². The Morgan fingerprint density at radius 2 is 1.51 bits per heavy atom. The summed E-state index contributed by atoms with van der Waals surface area (Å²) < 4.78 is 12.5. The van der Waals surface area contributed by atoms with E-state index in [2.05, 4.69) is 21.3 Å². The second-order valence-electron chi connectivity index (χ2n) is 9.73. The van der Waals surface area contributed by atoms with Gasteiger partial charge >= 0.3 is 0 Å². The van der Waals surface area contributed by atoms with Crippen molar-refractivity contribution in [2.45, 2.75) is 13.1 Å². The van der Waals surface area contributed by atoms with E-state index in [1.54, 1.807) is 31.0 Å². The lowest BCUT2D eigenvalue weighted by atomic mass is 10.1. The largest absolute Gasteiger partial charge is 0.497 e. The Kier molecular flexibility index (Phi) is 7.78. The Morgan fingerprint density at radius 1 is 0.814 bits per heavy atom. The third-order valence-corrected chi connectivity index (χ3v) is 6.85. The van der Waals surface area contributed by atoms with Gasteiger partial charge in [-0.25, -0.2) is 9.97 Å². The summed E-state index contributed by atoms with van der Waals surface area (Å²) in [5.74, 6) is 3.17. The Labute approximate surface area is 248 Å². The first-order valence-corrected chi connectivity index (χ1v) is 13.6. The molecule has 0 atom stereocenters. The zero-order valence-corrected chi connectivity index (χ0v) is 23.7. The zero-order valence-electron chi connectivity index (χ0n) is 23.7. The average Bonchev–Trinajstić information content (AvgIpc) is 3.47. The lowest BCUT2D eigenvalue weighted by Gasteiger charge is -2.25. The van der Waals surface area contributed by atoms with E-state index in [1.165, 1.54) is 0 Å². The molecule has 6 rings (SSSR count). The molecule has 0 aliphatic heterocycles. The lowest BCUT2D eigenvalue weighted by Crippen LogP contribution is -2.26. The van der Waals surface area contributed by atoms with Gasteiger partial charge in [0.15, 0.2) is 5.65 Å². The van der Waals surface area contributed by atoms with Gasteiger partial charge in [0, 0.05) is 30.9 Å². The number of methoxy groups -OCH3 is 2. The Hall–Kier alpha value is -5.95. The monoisotopic (exact) mass is 568 g/mol. The molecule has 6 aromatic rings. The van der Waals surface area contributed by atoms with Gasteiger partial charge < -0.3 is 19.7 Å². The van der Waals surface area contributed by atoms with Crippen molar-refractivity contribution >= 4 is 23.4 Å². The molecule has 0 fully saturated rings. The number of aromatic nitrogens is 5. The minimum absolute atomic E-state index is 0.388. The fraction of sp³-hybridized carbons (Fsp3) is 0.121. The summed E-state index contributed by atoms with van der Waals surface area (Å²) in [5, 5.41) is 17.5. The Bertz CT molecular complexity index is 1830. The van der Waals surface area contributed by atoms with E-state index >= 15 is 0 Å². The first-order valence-electron chi connectivity index (χ1n) is 13.6. The predicted octanol–water partition coefficient (Wildman–Crippen LogP) is 6.03. The summed E-state index contributed by atoms with van der Waals surface area (Å²) in [7, 11) is 3.31. The minimum atomic E-state index is 0.388. The third kappa shape index (κ3) is 6.21. The smallest absolute Gasteiger partial charge is 0.248 e. The summed E-state index contributed by atoms with van der Waals surface area (Å²) in [6.45, 7) is 1.06. The average molecular weight is 569 g/mol. The zero-order chi connectivity index (χ0) is 29.6. The standard InChI is InChI=1S/C33H28N8O2/c1-42-27-13-9-23(10-14-27)21-40(22-24-11-15-28(43-2)16-12-24)33-36-29(26-7-5-6-25(18-26)20-34)19-31-38-32(39-41(31)33)37-30-8-3-4-17-35-30/h3-19H,21-22H2,1-2H3,(H,35,37,39). The number of hydrogen-bond acceptors (Lipinski definition) is 9. The van der Waals surface area contributed by atoms with Gasteiger partial charge in [-0.05, 0) is 59.7 Å². The van der Waals surface area contributed by atoms with Crippen LogP contribution < -0.4 is 19.7 Å². The number of pyridine rings is 1. The number of hydrogen-bond donors (Lipinski definition) is 1. The maximum Gasteiger partial charge on any atom is 0.248 e. The van der Waals surface area contributed by atoms with Crippen LogP contribution in [0.25, 0.3) is 16.9 Å². The fourth-order valence-corrected chi connectivity index (χ4v) is 4.68. The quantitative estimate of drug-likeness (QED) is 0.212. The molecule has 0 spiro atoms. The molecule has 3 heterocycles. The summed E-state index contributed by atoms with van der Waals surface area (Å²) in [5.41, 5.74) is 4.74. The van der Waals surface area contributed by atoms with Crippen LogP contribution in [-0.2, 0) is 13.1 Å². The van der Waals surface area contributed by atoms with E-state index in [1.807, 2.05) is 91.0 Å². The van der Waals surface area contributed by atoms with Gasteiger partial charge in [-0.2, -0.15) is 14.8 Å². The molecule has 0 saturated carbocycles. The highest BCUT2D eigenvalue weighted by molar-refractivity contribution is 5.68. The number of anilines is 3. The topological polar surface area (TPSA) is 113 Å². The molecule has 3 aromatic carbocycles. The number of ether oxygens (including phenoxy) is 2. The molecule has 10 nitrogen and oxygen atoms in total. The number of nitrogens with zero attached hydrogens (tertiary/aromatic N) is 7. The molecule has 0 bridgehead atoms. The van der Waals surface area contributed by atoms with Gasteiger partial charge in [-0.15, -0.1) is 5.10 Å². The van der Waals surface area contributed by atoms with E-state index in [0.717, 1.165) is 28.2 Å². The van der Waals surface area contributed by atoms with Crippen molar-refractivity contribution in [1.82, 2.24) is 24.6 Å². The van der Waals surface area contributed by atoms with Crippen LogP contribution in [0.2, 0.25) is 0 Å². The summed E-state index contributed by atoms with van der Waals surface area (Å²) >= 11 is 0. The van der Waals surface area contributed by atoms with Gasteiger partial charge in [0.05, 0.1) is 31.5 Å². The first kappa shape index (κ1) is 27.2. The molecule has 0 unspecified atom stereocenters. The van der Waals surface area contributed by atoms with E-state index < -0.39 is 0 Å². The number of rotatable bonds is 10. The molecule has 43 heavy (non-hydrogen) atoms. The normalized spacial score (nSPS) is 10.7. The van der Waals surface area contributed by atoms with Crippen molar-refractivity contribution in [3.8, 4) is 28.8 Å². The molecule has 0 saturated heterocycles. The van der Waals surface area contributed by atoms with Gasteiger partial charge in [0.25, 0.3) is 0 Å². The minimum Gasteiger partial charge on any atom is -0.497 e. The predicted molar refractivity (Wildman–Crippen MR) is 164 cm³/mol. The van der Waals surface area contributed by atoms with E-state index in [0.29, 0.717) is 47.7 Å². The van der Waals surface area contributed by atoms with Crippen LogP contribution in [0.4, 0.5) is 17.7 Å². The van der Waals surface area contributed by atoms with Crippen molar-refractivity contribution in [3.05, 3.63) is 120 Å². The van der Waals surface area contributed by atoms with Gasteiger partial charge in [-0.1, -0.05) is 42.5 Å². The van der Waals surface area contributed by atoms with Crippen molar-refractivity contribution in [1.29, 1.82) is 5.26 Å². The highest BCUT2D eigenvalue weighted by Gasteiger charge is 2.20. The second kappa shape index (κ2) is 12.3. The van der Waals surface area contributed by atoms with Crippen molar-refractivity contribution in [2.75, 3.05) is 24.4 Å². The Balaban J connectivity index is 1.49. The van der Waals surface area contributed by atoms with Crippen molar-refractivity contribution < 1.29 is 9.47 Å². The first-order chi connectivity index (χ1) is 21.1. The number of fused-ring (bicyclic) bond motifs is 1. The number of benzene rings is 3. The summed E-state index contributed by atoms with van der Waals surface area (Å²) in [4.78, 5) is 16.4. The molecule has 10 heteroatoms. The van der Waals surface area contributed by atoms with Crippen LogP contribution in [-0.4, -0.2) is 38.8 Å². The fourth-order valence-electron chi connectivity index (χ4n) is 4.68. The maximum absolute atomic E-state index is 9.53. The molecular weight excluding hydrogens is 540 g/mol. The van der Waals surface area contributed by atoms with E-state index in [-0.39, 0.29) is 0 Å². The van der Waals surface area contributed by atoms with Crippen molar-refractivity contribution in [2.24, 2.45) is 0 Å².